The Labute approximate surface area is 179 Å². The molecule has 0 fully saturated rings. The second-order valence-corrected chi connectivity index (χ2v) is 7.21. The number of nitrogens with one attached hydrogen (secondary N) is 1. The summed E-state index contributed by atoms with van der Waals surface area (Å²) in [5.74, 6) is 0.485. The summed E-state index contributed by atoms with van der Waals surface area (Å²) in [6.45, 7) is 0.284. The summed E-state index contributed by atoms with van der Waals surface area (Å²) in [6, 6.07) is 14.4. The van der Waals surface area contributed by atoms with Gasteiger partial charge in [0.25, 0.3) is 0 Å². The van der Waals surface area contributed by atoms with Crippen molar-refractivity contribution < 1.29 is 13.2 Å². The van der Waals surface area contributed by atoms with E-state index in [4.69, 9.17) is 5.73 Å². The fourth-order valence-corrected chi connectivity index (χ4v) is 3.42. The molecule has 0 amide bonds. The van der Waals surface area contributed by atoms with Crippen LogP contribution in [0.4, 0.5) is 30.6 Å². The third kappa shape index (κ3) is 3.78. The third-order valence-corrected chi connectivity index (χ3v) is 4.98. The van der Waals surface area contributed by atoms with Crippen molar-refractivity contribution in [2.45, 2.75) is 12.7 Å². The van der Waals surface area contributed by atoms with Crippen LogP contribution in [0.5, 0.6) is 0 Å². The number of hydrogen-bond acceptors (Lipinski definition) is 6. The Morgan fingerprint density at radius 3 is 2.56 bits per heavy atom. The topological polar surface area (TPSA) is 94.5 Å². The van der Waals surface area contributed by atoms with E-state index in [9.17, 15) is 13.2 Å². The molecule has 32 heavy (non-hydrogen) atoms. The van der Waals surface area contributed by atoms with Crippen molar-refractivity contribution in [1.29, 1.82) is 0 Å². The lowest BCUT2D eigenvalue weighted by atomic mass is 10.1. The van der Waals surface area contributed by atoms with Gasteiger partial charge < -0.3 is 15.6 Å². The first-order chi connectivity index (χ1) is 15.4. The van der Waals surface area contributed by atoms with Gasteiger partial charge in [0.15, 0.2) is 11.5 Å². The molecule has 0 aliphatic rings. The van der Waals surface area contributed by atoms with Crippen molar-refractivity contribution in [3.63, 3.8) is 0 Å². The molecular weight excluding hydrogens is 419 g/mol. The molecule has 3 heterocycles. The molecule has 0 aliphatic heterocycles. The number of fused-ring (bicyclic) bond motifs is 2. The molecule has 3 aromatic heterocycles. The SMILES string of the molecule is Nc1nc(Nc2ccc3ncccc3c2)nc2c1ncn2Cc1ccc(C(F)(F)F)cc1. The minimum Gasteiger partial charge on any atom is -0.382 e. The average Bonchev–Trinajstić information content (AvgIpc) is 3.16. The molecule has 0 spiro atoms. The summed E-state index contributed by atoms with van der Waals surface area (Å²) < 4.78 is 40.1. The minimum absolute atomic E-state index is 0.200. The average molecular weight is 435 g/mol. The van der Waals surface area contributed by atoms with Gasteiger partial charge in [-0.2, -0.15) is 23.1 Å². The first-order valence-corrected chi connectivity index (χ1v) is 9.63. The van der Waals surface area contributed by atoms with E-state index in [-0.39, 0.29) is 18.3 Å². The van der Waals surface area contributed by atoms with Gasteiger partial charge in [-0.15, -0.1) is 0 Å². The molecule has 0 atom stereocenters. The van der Waals surface area contributed by atoms with Crippen molar-refractivity contribution >= 4 is 39.5 Å². The molecule has 2 aromatic carbocycles. The van der Waals surface area contributed by atoms with Crippen molar-refractivity contribution in [3.8, 4) is 0 Å². The number of anilines is 3. The second-order valence-electron chi connectivity index (χ2n) is 7.21. The number of halogens is 3. The number of imidazole rings is 1. The van der Waals surface area contributed by atoms with Crippen LogP contribution in [0.15, 0.2) is 67.1 Å². The Kier molecular flexibility index (Phi) is 4.62. The van der Waals surface area contributed by atoms with Gasteiger partial charge in [0.05, 0.1) is 24.0 Å². The molecule has 0 radical (unpaired) electrons. The zero-order valence-corrected chi connectivity index (χ0v) is 16.5. The maximum Gasteiger partial charge on any atom is 0.416 e. The lowest BCUT2D eigenvalue weighted by molar-refractivity contribution is -0.137. The highest BCUT2D eigenvalue weighted by Crippen LogP contribution is 2.29. The molecule has 5 aromatic rings. The Hall–Kier alpha value is -4.21. The number of pyridine rings is 1. The van der Waals surface area contributed by atoms with Crippen LogP contribution < -0.4 is 11.1 Å². The quantitative estimate of drug-likeness (QED) is 0.422. The van der Waals surface area contributed by atoms with Gasteiger partial charge in [0, 0.05) is 17.3 Å². The van der Waals surface area contributed by atoms with Gasteiger partial charge in [-0.3, -0.25) is 4.98 Å². The smallest absolute Gasteiger partial charge is 0.382 e. The molecular formula is C22H16F3N7. The number of alkyl halides is 3. The fraction of sp³-hybridized carbons (Fsp3) is 0.0909. The Morgan fingerprint density at radius 2 is 1.78 bits per heavy atom. The van der Waals surface area contributed by atoms with Crippen LogP contribution in [-0.4, -0.2) is 24.5 Å². The summed E-state index contributed by atoms with van der Waals surface area (Å²) >= 11 is 0. The zero-order chi connectivity index (χ0) is 22.3. The third-order valence-electron chi connectivity index (χ3n) is 4.98. The second kappa shape index (κ2) is 7.49. The minimum atomic E-state index is -4.37. The first kappa shape index (κ1) is 19.7. The molecule has 160 valence electrons. The van der Waals surface area contributed by atoms with Crippen molar-refractivity contribution in [1.82, 2.24) is 24.5 Å². The molecule has 3 N–H and O–H groups in total. The number of nitrogen functional groups attached to an aromatic ring is 1. The standard InChI is InChI=1S/C22H16F3N7/c23-22(24,25)15-5-3-13(4-6-15)11-32-12-28-18-19(26)30-21(31-20(18)32)29-16-7-8-17-14(10-16)2-1-9-27-17/h1-10,12H,11H2,(H3,26,29,30,31). The van der Waals surface area contributed by atoms with E-state index < -0.39 is 11.7 Å². The maximum atomic E-state index is 12.8. The molecule has 0 aliphatic carbocycles. The maximum absolute atomic E-state index is 12.8. The van der Waals surface area contributed by atoms with Gasteiger partial charge in [-0.05, 0) is 42.0 Å². The van der Waals surface area contributed by atoms with E-state index in [1.54, 1.807) is 17.1 Å². The summed E-state index contributed by atoms with van der Waals surface area (Å²) in [6.07, 6.45) is -1.11. The lowest BCUT2D eigenvalue weighted by Gasteiger charge is -2.10. The molecule has 7 nitrogen and oxygen atoms in total. The van der Waals surface area contributed by atoms with E-state index >= 15 is 0 Å². The van der Waals surface area contributed by atoms with Crippen molar-refractivity contribution in [2.24, 2.45) is 0 Å². The van der Waals surface area contributed by atoms with E-state index in [1.807, 2.05) is 30.3 Å². The van der Waals surface area contributed by atoms with Gasteiger partial charge in [-0.1, -0.05) is 18.2 Å². The largest absolute Gasteiger partial charge is 0.416 e. The predicted molar refractivity (Wildman–Crippen MR) is 115 cm³/mol. The monoisotopic (exact) mass is 435 g/mol. The predicted octanol–water partition coefficient (Wildman–Crippen LogP) is 4.77. The normalized spacial score (nSPS) is 11.8. The number of nitrogens with two attached hydrogens (primary N) is 1. The van der Waals surface area contributed by atoms with E-state index in [2.05, 4.69) is 25.3 Å². The number of hydrogen-bond donors (Lipinski definition) is 2. The Balaban J connectivity index is 1.45. The van der Waals surface area contributed by atoms with E-state index in [0.29, 0.717) is 16.7 Å². The number of rotatable bonds is 4. The van der Waals surface area contributed by atoms with Gasteiger partial charge in [-0.25, -0.2) is 4.98 Å². The van der Waals surface area contributed by atoms with Crippen LogP contribution >= 0.6 is 0 Å². The fourth-order valence-electron chi connectivity index (χ4n) is 3.42. The summed E-state index contributed by atoms with van der Waals surface area (Å²) in [4.78, 5) is 17.4. The van der Waals surface area contributed by atoms with E-state index in [0.717, 1.165) is 28.7 Å². The summed E-state index contributed by atoms with van der Waals surface area (Å²) in [5.41, 5.74) is 8.57. The number of nitrogens with zero attached hydrogens (tertiary/aromatic N) is 5. The van der Waals surface area contributed by atoms with Crippen LogP contribution in [0.2, 0.25) is 0 Å². The first-order valence-electron chi connectivity index (χ1n) is 9.63. The van der Waals surface area contributed by atoms with Crippen LogP contribution in [-0.2, 0) is 12.7 Å². The highest BCUT2D eigenvalue weighted by molar-refractivity contribution is 5.85. The molecule has 0 saturated carbocycles. The lowest BCUT2D eigenvalue weighted by Crippen LogP contribution is -2.06. The van der Waals surface area contributed by atoms with Crippen molar-refractivity contribution in [3.05, 3.63) is 78.2 Å². The molecule has 0 bridgehead atoms. The molecule has 10 heteroatoms. The van der Waals surface area contributed by atoms with Gasteiger partial charge in [0.1, 0.15) is 5.52 Å². The Morgan fingerprint density at radius 1 is 0.969 bits per heavy atom. The molecule has 0 saturated heterocycles. The van der Waals surface area contributed by atoms with Crippen LogP contribution in [0.25, 0.3) is 22.1 Å². The molecule has 5 rings (SSSR count). The highest BCUT2D eigenvalue weighted by Gasteiger charge is 2.29. The van der Waals surface area contributed by atoms with Crippen molar-refractivity contribution in [2.75, 3.05) is 11.1 Å². The zero-order valence-electron chi connectivity index (χ0n) is 16.5. The number of aromatic nitrogens is 5. The summed E-state index contributed by atoms with van der Waals surface area (Å²) in [7, 11) is 0. The van der Waals surface area contributed by atoms with Crippen LogP contribution in [0, 0.1) is 0 Å². The number of benzene rings is 2. The Bertz CT molecular complexity index is 1430. The van der Waals surface area contributed by atoms with Crippen LogP contribution in [0.1, 0.15) is 11.1 Å². The van der Waals surface area contributed by atoms with Gasteiger partial charge >= 0.3 is 6.18 Å². The highest BCUT2D eigenvalue weighted by atomic mass is 19.4. The summed E-state index contributed by atoms with van der Waals surface area (Å²) in [5, 5.41) is 4.10. The van der Waals surface area contributed by atoms with Crippen LogP contribution in [0.3, 0.4) is 0 Å². The van der Waals surface area contributed by atoms with Gasteiger partial charge in [0.2, 0.25) is 5.95 Å². The molecule has 0 unspecified atom stereocenters. The van der Waals surface area contributed by atoms with E-state index in [1.165, 1.54) is 12.1 Å².